The lowest BCUT2D eigenvalue weighted by molar-refractivity contribution is 0.0929. The van der Waals surface area contributed by atoms with Crippen molar-refractivity contribution in [2.45, 2.75) is 25.3 Å². The molecule has 2 atom stereocenters. The lowest BCUT2D eigenvalue weighted by Crippen LogP contribution is -2.33. The summed E-state index contributed by atoms with van der Waals surface area (Å²) in [6.07, 6.45) is 4.40. The first kappa shape index (κ1) is 11.9. The van der Waals surface area contributed by atoms with E-state index in [-0.39, 0.29) is 23.4 Å². The number of aromatic nitrogens is 1. The van der Waals surface area contributed by atoms with Crippen LogP contribution in [0.4, 0.5) is 0 Å². The van der Waals surface area contributed by atoms with Crippen molar-refractivity contribution in [1.82, 2.24) is 10.3 Å². The van der Waals surface area contributed by atoms with Crippen molar-refractivity contribution in [2.24, 2.45) is 11.7 Å². The van der Waals surface area contributed by atoms with E-state index in [1.807, 2.05) is 0 Å². The molecule has 92 valence electrons. The maximum Gasteiger partial charge on any atom is 0.273 e. The monoisotopic (exact) mass is 235 g/mol. The average Bonchev–Trinajstić information content (AvgIpc) is 2.77. The van der Waals surface area contributed by atoms with Crippen LogP contribution in [0.15, 0.2) is 18.3 Å². The molecule has 0 saturated heterocycles. The van der Waals surface area contributed by atoms with E-state index in [0.717, 1.165) is 19.3 Å². The molecule has 1 fully saturated rings. The number of nitrogens with one attached hydrogen (secondary N) is 1. The third-order valence-electron chi connectivity index (χ3n) is 3.21. The Morgan fingerprint density at radius 3 is 3.06 bits per heavy atom. The number of rotatable bonds is 3. The molecule has 2 unspecified atom stereocenters. The van der Waals surface area contributed by atoms with Crippen LogP contribution in [0.3, 0.4) is 0 Å². The molecule has 1 aromatic rings. The molecule has 1 aliphatic rings. The van der Waals surface area contributed by atoms with Gasteiger partial charge in [0.1, 0.15) is 5.75 Å². The Morgan fingerprint density at radius 2 is 2.41 bits per heavy atom. The molecule has 1 saturated carbocycles. The summed E-state index contributed by atoms with van der Waals surface area (Å²) in [5.74, 6) is 0.0989. The van der Waals surface area contributed by atoms with Crippen molar-refractivity contribution < 1.29 is 9.90 Å². The van der Waals surface area contributed by atoms with Gasteiger partial charge in [-0.05, 0) is 43.9 Å². The van der Waals surface area contributed by atoms with Gasteiger partial charge in [0.25, 0.3) is 5.91 Å². The largest absolute Gasteiger partial charge is 0.505 e. The molecule has 4 N–H and O–H groups in total. The summed E-state index contributed by atoms with van der Waals surface area (Å²) >= 11 is 0. The summed E-state index contributed by atoms with van der Waals surface area (Å²) in [6.45, 7) is 0.668. The quantitative estimate of drug-likeness (QED) is 0.717. The van der Waals surface area contributed by atoms with Crippen molar-refractivity contribution >= 4 is 5.91 Å². The molecule has 0 bridgehead atoms. The van der Waals surface area contributed by atoms with Crippen LogP contribution in [0, 0.1) is 5.92 Å². The number of carbonyl (C=O) groups excluding carboxylic acids is 1. The van der Waals surface area contributed by atoms with Gasteiger partial charge in [0.15, 0.2) is 5.69 Å². The summed E-state index contributed by atoms with van der Waals surface area (Å²) in [4.78, 5) is 15.7. The topological polar surface area (TPSA) is 88.2 Å². The minimum atomic E-state index is -0.314. The zero-order valence-corrected chi connectivity index (χ0v) is 9.60. The Bertz CT molecular complexity index is 408. The summed E-state index contributed by atoms with van der Waals surface area (Å²) in [7, 11) is 0. The third kappa shape index (κ3) is 2.74. The second-order valence-electron chi connectivity index (χ2n) is 4.46. The highest BCUT2D eigenvalue weighted by molar-refractivity contribution is 5.94. The summed E-state index contributed by atoms with van der Waals surface area (Å²) in [5, 5.41) is 12.4. The van der Waals surface area contributed by atoms with Crippen LogP contribution in [-0.2, 0) is 0 Å². The van der Waals surface area contributed by atoms with E-state index in [0.29, 0.717) is 12.5 Å². The molecule has 5 heteroatoms. The van der Waals surface area contributed by atoms with Crippen LogP contribution < -0.4 is 11.1 Å². The first-order valence-corrected chi connectivity index (χ1v) is 5.85. The SMILES string of the molecule is NCC1CCC(NC(=O)c2ncccc2O)C1. The Kier molecular flexibility index (Phi) is 3.58. The summed E-state index contributed by atoms with van der Waals surface area (Å²) in [6, 6.07) is 3.20. The minimum Gasteiger partial charge on any atom is -0.505 e. The molecule has 0 radical (unpaired) electrons. The van der Waals surface area contributed by atoms with E-state index in [1.54, 1.807) is 6.07 Å². The van der Waals surface area contributed by atoms with E-state index >= 15 is 0 Å². The smallest absolute Gasteiger partial charge is 0.273 e. The van der Waals surface area contributed by atoms with E-state index in [9.17, 15) is 9.90 Å². The van der Waals surface area contributed by atoms with Crippen LogP contribution in [0.1, 0.15) is 29.8 Å². The number of hydrogen-bond acceptors (Lipinski definition) is 4. The fourth-order valence-corrected chi connectivity index (χ4v) is 2.25. The number of pyridine rings is 1. The lowest BCUT2D eigenvalue weighted by Gasteiger charge is -2.12. The fourth-order valence-electron chi connectivity index (χ4n) is 2.25. The van der Waals surface area contributed by atoms with Crippen molar-refractivity contribution in [3.8, 4) is 5.75 Å². The predicted octanol–water partition coefficient (Wildman–Crippen LogP) is 0.644. The van der Waals surface area contributed by atoms with Gasteiger partial charge in [-0.3, -0.25) is 4.79 Å². The Balaban J connectivity index is 1.96. The Morgan fingerprint density at radius 1 is 1.59 bits per heavy atom. The van der Waals surface area contributed by atoms with E-state index in [1.165, 1.54) is 12.3 Å². The van der Waals surface area contributed by atoms with Gasteiger partial charge in [0, 0.05) is 12.2 Å². The van der Waals surface area contributed by atoms with Gasteiger partial charge in [0.2, 0.25) is 0 Å². The number of nitrogens with two attached hydrogens (primary N) is 1. The highest BCUT2D eigenvalue weighted by atomic mass is 16.3. The van der Waals surface area contributed by atoms with Crippen molar-refractivity contribution in [1.29, 1.82) is 0 Å². The second kappa shape index (κ2) is 5.14. The van der Waals surface area contributed by atoms with E-state index in [2.05, 4.69) is 10.3 Å². The maximum atomic E-state index is 11.9. The van der Waals surface area contributed by atoms with Crippen molar-refractivity contribution in [3.63, 3.8) is 0 Å². The van der Waals surface area contributed by atoms with Crippen LogP contribution in [0.25, 0.3) is 0 Å². The molecular formula is C12H17N3O2. The molecule has 0 aliphatic heterocycles. The average molecular weight is 235 g/mol. The van der Waals surface area contributed by atoms with Gasteiger partial charge in [-0.1, -0.05) is 0 Å². The number of nitrogens with zero attached hydrogens (tertiary/aromatic N) is 1. The first-order valence-electron chi connectivity index (χ1n) is 5.85. The summed E-state index contributed by atoms with van der Waals surface area (Å²) < 4.78 is 0. The van der Waals surface area contributed by atoms with Crippen LogP contribution in [0.5, 0.6) is 5.75 Å². The molecule has 5 nitrogen and oxygen atoms in total. The van der Waals surface area contributed by atoms with Crippen LogP contribution in [-0.4, -0.2) is 28.6 Å². The van der Waals surface area contributed by atoms with Gasteiger partial charge in [0.05, 0.1) is 0 Å². The molecular weight excluding hydrogens is 218 g/mol. The highest BCUT2D eigenvalue weighted by Crippen LogP contribution is 2.25. The Labute approximate surface area is 100 Å². The van der Waals surface area contributed by atoms with Gasteiger partial charge in [-0.25, -0.2) is 4.98 Å². The van der Waals surface area contributed by atoms with Crippen molar-refractivity contribution in [2.75, 3.05) is 6.54 Å². The normalized spacial score (nSPS) is 23.6. The van der Waals surface area contributed by atoms with Gasteiger partial charge < -0.3 is 16.2 Å². The van der Waals surface area contributed by atoms with Crippen molar-refractivity contribution in [3.05, 3.63) is 24.0 Å². The molecule has 1 heterocycles. The molecule has 2 rings (SSSR count). The standard InChI is InChI=1S/C12H17N3O2/c13-7-8-3-4-9(6-8)15-12(17)11-10(16)2-1-5-14-11/h1-2,5,8-9,16H,3-4,6-7,13H2,(H,15,17). The van der Waals surface area contributed by atoms with E-state index in [4.69, 9.17) is 5.73 Å². The van der Waals surface area contributed by atoms with Crippen LogP contribution >= 0.6 is 0 Å². The number of hydrogen-bond donors (Lipinski definition) is 3. The van der Waals surface area contributed by atoms with E-state index < -0.39 is 0 Å². The second-order valence-corrected chi connectivity index (χ2v) is 4.46. The molecule has 1 aromatic heterocycles. The number of amides is 1. The molecule has 0 spiro atoms. The minimum absolute atomic E-state index is 0.0848. The van der Waals surface area contributed by atoms with Gasteiger partial charge in [-0.2, -0.15) is 0 Å². The molecule has 1 amide bonds. The third-order valence-corrected chi connectivity index (χ3v) is 3.21. The number of carbonyl (C=O) groups is 1. The summed E-state index contributed by atoms with van der Waals surface area (Å²) in [5.41, 5.74) is 5.68. The zero-order chi connectivity index (χ0) is 12.3. The first-order chi connectivity index (χ1) is 8.20. The molecule has 0 aromatic carbocycles. The van der Waals surface area contributed by atoms with Gasteiger partial charge >= 0.3 is 0 Å². The van der Waals surface area contributed by atoms with Gasteiger partial charge in [-0.15, -0.1) is 0 Å². The van der Waals surface area contributed by atoms with Crippen LogP contribution in [0.2, 0.25) is 0 Å². The fraction of sp³-hybridized carbons (Fsp3) is 0.500. The molecule has 1 aliphatic carbocycles. The number of aromatic hydroxyl groups is 1. The Hall–Kier alpha value is -1.62. The lowest BCUT2D eigenvalue weighted by atomic mass is 10.1. The maximum absolute atomic E-state index is 11.9. The predicted molar refractivity (Wildman–Crippen MR) is 63.6 cm³/mol. The zero-order valence-electron chi connectivity index (χ0n) is 9.60. The molecule has 17 heavy (non-hydrogen) atoms. The highest BCUT2D eigenvalue weighted by Gasteiger charge is 2.26.